The number of carbonyl (C=O) groups excluding carboxylic acids is 6. The zero-order valence-corrected chi connectivity index (χ0v) is 24.0. The van der Waals surface area contributed by atoms with Crippen LogP contribution in [0.4, 0.5) is 5.69 Å². The monoisotopic (exact) mass is 611 g/mol. The Hall–Kier alpha value is -4.27. The van der Waals surface area contributed by atoms with Crippen molar-refractivity contribution in [3.8, 4) is 5.75 Å². The van der Waals surface area contributed by atoms with Crippen molar-refractivity contribution in [2.45, 2.75) is 29.4 Å². The molecular formula is C29H29N3O10S. The van der Waals surface area contributed by atoms with Gasteiger partial charge in [0.1, 0.15) is 11.5 Å². The lowest BCUT2D eigenvalue weighted by atomic mass is 9.52. The third-order valence-electron chi connectivity index (χ3n) is 8.63. The van der Waals surface area contributed by atoms with Gasteiger partial charge < -0.3 is 21.3 Å². The molecule has 3 aliphatic carbocycles. The van der Waals surface area contributed by atoms with Gasteiger partial charge in [-0.1, -0.05) is 24.3 Å². The predicted octanol–water partition coefficient (Wildman–Crippen LogP) is -0.721. The van der Waals surface area contributed by atoms with E-state index in [2.05, 4.69) is 5.32 Å². The maximum absolute atomic E-state index is 13.9. The quantitative estimate of drug-likeness (QED) is 0.236. The van der Waals surface area contributed by atoms with Gasteiger partial charge in [0, 0.05) is 5.92 Å². The number of hydrogen-bond acceptors (Lipinski definition) is 11. The number of amides is 2. The van der Waals surface area contributed by atoms with Gasteiger partial charge in [-0.15, -0.1) is 0 Å². The second-order valence-electron chi connectivity index (χ2n) is 11.4. The van der Waals surface area contributed by atoms with Crippen molar-refractivity contribution in [1.29, 1.82) is 0 Å². The molecule has 0 bridgehead atoms. The van der Waals surface area contributed by atoms with E-state index >= 15 is 0 Å². The maximum atomic E-state index is 13.9. The summed E-state index contributed by atoms with van der Waals surface area (Å²) in [5, 5.41) is 24.9. The number of carbonyl (C=O) groups is 6. The van der Waals surface area contributed by atoms with Crippen molar-refractivity contribution in [1.82, 2.24) is 4.90 Å². The average molecular weight is 612 g/mol. The zero-order valence-electron chi connectivity index (χ0n) is 23.1. The Labute approximate surface area is 246 Å². The number of benzene rings is 2. The SMILES string of the molecule is CN(C)[C@@H]1C(=O)C(C(N)=O)C(=O)[C@@]2(O)C(=O)C3C(=O)c4c(ccc(NC(=O)CS(=O)(=O)c5ccccc5)c4O)CC3CC12. The molecule has 2 fully saturated rings. The van der Waals surface area contributed by atoms with Crippen LogP contribution in [0.1, 0.15) is 22.3 Å². The van der Waals surface area contributed by atoms with Gasteiger partial charge in [-0.05, 0) is 56.6 Å². The lowest BCUT2D eigenvalue weighted by Crippen LogP contribution is -2.74. The van der Waals surface area contributed by atoms with Crippen LogP contribution in [-0.4, -0.2) is 90.0 Å². The van der Waals surface area contributed by atoms with Crippen molar-refractivity contribution in [3.05, 3.63) is 53.6 Å². The predicted molar refractivity (Wildman–Crippen MR) is 148 cm³/mol. The Morgan fingerprint density at radius 3 is 2.30 bits per heavy atom. The Morgan fingerprint density at radius 2 is 1.70 bits per heavy atom. The highest BCUT2D eigenvalue weighted by molar-refractivity contribution is 7.92. The Bertz CT molecular complexity index is 1700. The van der Waals surface area contributed by atoms with E-state index in [-0.39, 0.29) is 29.0 Å². The molecule has 2 aromatic rings. The molecule has 0 radical (unpaired) electrons. The van der Waals surface area contributed by atoms with E-state index in [9.17, 15) is 47.4 Å². The van der Waals surface area contributed by atoms with E-state index in [0.29, 0.717) is 5.56 Å². The van der Waals surface area contributed by atoms with Crippen LogP contribution in [0, 0.1) is 23.7 Å². The van der Waals surface area contributed by atoms with Crippen LogP contribution in [0.25, 0.3) is 0 Å². The van der Waals surface area contributed by atoms with Crippen LogP contribution >= 0.6 is 0 Å². The molecule has 13 nitrogen and oxygen atoms in total. The molecule has 226 valence electrons. The summed E-state index contributed by atoms with van der Waals surface area (Å²) < 4.78 is 25.2. The third-order valence-corrected chi connectivity index (χ3v) is 10.3. The highest BCUT2D eigenvalue weighted by atomic mass is 32.2. The molecule has 0 aromatic heterocycles. The molecule has 5 rings (SSSR count). The number of nitrogens with one attached hydrogen (secondary N) is 1. The van der Waals surface area contributed by atoms with E-state index in [1.807, 2.05) is 0 Å². The van der Waals surface area contributed by atoms with E-state index in [1.54, 1.807) is 6.07 Å². The first kappa shape index (κ1) is 30.2. The number of ketones is 4. The number of phenols is 1. The van der Waals surface area contributed by atoms with Crippen LogP contribution in [-0.2, 0) is 40.2 Å². The number of fused-ring (bicyclic) bond motifs is 3. The van der Waals surface area contributed by atoms with Crippen molar-refractivity contribution < 1.29 is 47.4 Å². The summed E-state index contributed by atoms with van der Waals surface area (Å²) in [6, 6.07) is 8.79. The first-order valence-corrected chi connectivity index (χ1v) is 15.0. The second-order valence-corrected chi connectivity index (χ2v) is 13.4. The summed E-state index contributed by atoms with van der Waals surface area (Å²) in [6.45, 7) is 0. The van der Waals surface area contributed by atoms with Crippen LogP contribution in [0.15, 0.2) is 47.4 Å². The highest BCUT2D eigenvalue weighted by Gasteiger charge is 2.69. The molecule has 0 saturated heterocycles. The molecule has 3 aliphatic rings. The number of phenolic OH excluding ortho intramolecular Hbond substituents is 1. The molecule has 5 N–H and O–H groups in total. The zero-order chi connectivity index (χ0) is 31.6. The summed E-state index contributed by atoms with van der Waals surface area (Å²) in [6.07, 6.45) is -0.0451. The van der Waals surface area contributed by atoms with Gasteiger partial charge in [-0.3, -0.25) is 33.7 Å². The van der Waals surface area contributed by atoms with E-state index in [0.717, 1.165) is 0 Å². The molecule has 2 aromatic carbocycles. The number of primary amides is 1. The number of likely N-dealkylation sites (N-methyl/N-ethyl adjacent to an activating group) is 1. The van der Waals surface area contributed by atoms with Crippen molar-refractivity contribution in [2.75, 3.05) is 25.2 Å². The molecule has 14 heteroatoms. The molecule has 0 spiro atoms. The third kappa shape index (κ3) is 4.65. The minimum Gasteiger partial charge on any atom is -0.505 e. The van der Waals surface area contributed by atoms with Crippen LogP contribution in [0.2, 0.25) is 0 Å². The molecule has 2 saturated carbocycles. The van der Waals surface area contributed by atoms with Gasteiger partial charge in [0.25, 0.3) is 0 Å². The topological polar surface area (TPSA) is 218 Å². The summed E-state index contributed by atoms with van der Waals surface area (Å²) in [7, 11) is -1.03. The smallest absolute Gasteiger partial charge is 0.240 e. The minimum absolute atomic E-state index is 0.0516. The normalized spacial score (nSPS) is 28.6. The van der Waals surface area contributed by atoms with Crippen LogP contribution < -0.4 is 11.1 Å². The van der Waals surface area contributed by atoms with Crippen LogP contribution in [0.3, 0.4) is 0 Å². The minimum atomic E-state index is -4.02. The van der Waals surface area contributed by atoms with Crippen LogP contribution in [0.5, 0.6) is 5.75 Å². The standard InChI is InChI=1S/C29H29N3O10S/c1-32(2)22-16-11-14-10-13-8-9-17(31-18(33)12-43(41,42)15-6-4-3-5-7-15)23(34)19(13)24(35)20(14)26(37)29(16,40)27(38)21(25(22)36)28(30)39/h3-9,14,16,20-22,34,40H,10-12H2,1-2H3,(H2,30,39)(H,31,33)/t14?,16?,20?,21?,22-,29-/m0/s1. The van der Waals surface area contributed by atoms with Gasteiger partial charge in [0.05, 0.1) is 28.1 Å². The number of aromatic hydroxyl groups is 1. The van der Waals surface area contributed by atoms with Crippen molar-refractivity contribution in [3.63, 3.8) is 0 Å². The molecule has 4 unspecified atom stereocenters. The summed E-state index contributed by atoms with van der Waals surface area (Å²) in [5.41, 5.74) is 2.17. The second kappa shape index (κ2) is 10.5. The highest BCUT2D eigenvalue weighted by Crippen LogP contribution is 2.51. The van der Waals surface area contributed by atoms with E-state index in [1.165, 1.54) is 55.4 Å². The van der Waals surface area contributed by atoms with Crippen molar-refractivity contribution in [2.24, 2.45) is 29.4 Å². The number of hydrogen-bond donors (Lipinski definition) is 4. The van der Waals surface area contributed by atoms with Gasteiger partial charge in [-0.25, -0.2) is 8.42 Å². The first-order chi connectivity index (χ1) is 20.1. The molecule has 6 atom stereocenters. The van der Waals surface area contributed by atoms with E-state index in [4.69, 9.17) is 5.73 Å². The summed E-state index contributed by atoms with van der Waals surface area (Å²) in [5.74, 6) is -14.0. The maximum Gasteiger partial charge on any atom is 0.240 e. The number of rotatable bonds is 6. The molecule has 0 heterocycles. The Kier molecular flexibility index (Phi) is 7.35. The molecular weight excluding hydrogens is 582 g/mol. The van der Waals surface area contributed by atoms with Gasteiger partial charge in [0.2, 0.25) is 11.8 Å². The number of nitrogens with zero attached hydrogens (tertiary/aromatic N) is 1. The van der Waals surface area contributed by atoms with Gasteiger partial charge in [0.15, 0.2) is 44.5 Å². The summed E-state index contributed by atoms with van der Waals surface area (Å²) in [4.78, 5) is 80.1. The average Bonchev–Trinajstić information content (AvgIpc) is 2.92. The fourth-order valence-corrected chi connectivity index (χ4v) is 7.91. The fraction of sp³-hybridized carbons (Fsp3) is 0.379. The van der Waals surface area contributed by atoms with Crippen molar-refractivity contribution >= 4 is 50.5 Å². The molecule has 0 aliphatic heterocycles. The lowest BCUT2D eigenvalue weighted by molar-refractivity contribution is -0.181. The number of aliphatic hydroxyl groups is 1. The lowest BCUT2D eigenvalue weighted by Gasteiger charge is -2.52. The van der Waals surface area contributed by atoms with E-state index < -0.39 is 91.6 Å². The number of sulfone groups is 1. The fourth-order valence-electron chi connectivity index (χ4n) is 6.75. The molecule has 43 heavy (non-hydrogen) atoms. The summed E-state index contributed by atoms with van der Waals surface area (Å²) >= 11 is 0. The first-order valence-electron chi connectivity index (χ1n) is 13.4. The number of nitrogens with two attached hydrogens (primary N) is 1. The van der Waals surface area contributed by atoms with Gasteiger partial charge >= 0.3 is 0 Å². The number of anilines is 1. The molecule has 2 amide bonds. The largest absolute Gasteiger partial charge is 0.505 e. The van der Waals surface area contributed by atoms with Gasteiger partial charge in [-0.2, -0.15) is 0 Å². The number of Topliss-reactive ketones (excluding diaryl/α,β-unsaturated/α-hetero) is 4. The Morgan fingerprint density at radius 1 is 1.05 bits per heavy atom. The Balaban J connectivity index is 1.47.